The Kier molecular flexibility index (Phi) is 3.74. The molecule has 1 aliphatic carbocycles. The molecule has 2 rings (SSSR count). The fourth-order valence-electron chi connectivity index (χ4n) is 2.53. The summed E-state index contributed by atoms with van der Waals surface area (Å²) >= 11 is 2.03. The van der Waals surface area contributed by atoms with Gasteiger partial charge in [-0.25, -0.2) is 0 Å². The Balaban J connectivity index is 1.78. The van der Waals surface area contributed by atoms with E-state index < -0.39 is 0 Å². The molecule has 1 saturated heterocycles. The average molecular weight is 215 g/mol. The molecule has 2 nitrogen and oxygen atoms in total. The van der Waals surface area contributed by atoms with Gasteiger partial charge in [0.05, 0.1) is 6.10 Å². The molecule has 0 aromatic rings. The van der Waals surface area contributed by atoms with Gasteiger partial charge in [0.1, 0.15) is 0 Å². The number of rotatable bonds is 2. The first-order chi connectivity index (χ1) is 6.75. The zero-order valence-corrected chi connectivity index (χ0v) is 9.72. The first-order valence-corrected chi connectivity index (χ1v) is 6.74. The lowest BCUT2D eigenvalue weighted by atomic mass is 9.91. The molecule has 14 heavy (non-hydrogen) atoms. The molecule has 0 aromatic heterocycles. The lowest BCUT2D eigenvalue weighted by molar-refractivity contribution is 0.200. The summed E-state index contributed by atoms with van der Waals surface area (Å²) < 4.78 is 0. The largest absolute Gasteiger partial charge is 0.391 e. The van der Waals surface area contributed by atoms with Gasteiger partial charge in [0.15, 0.2) is 0 Å². The first-order valence-electron chi connectivity index (χ1n) is 5.80. The van der Waals surface area contributed by atoms with Gasteiger partial charge in [0.2, 0.25) is 0 Å². The van der Waals surface area contributed by atoms with Crippen LogP contribution in [0.5, 0.6) is 0 Å². The van der Waals surface area contributed by atoms with Gasteiger partial charge < -0.3 is 10.4 Å². The highest BCUT2D eigenvalue weighted by atomic mass is 32.2. The Labute approximate surface area is 90.8 Å². The molecule has 1 saturated carbocycles. The molecule has 0 aromatic carbocycles. The average Bonchev–Trinajstić information content (AvgIpc) is 2.52. The van der Waals surface area contributed by atoms with E-state index in [0.29, 0.717) is 5.25 Å². The van der Waals surface area contributed by atoms with Gasteiger partial charge in [-0.05, 0) is 18.8 Å². The standard InChI is InChI=1S/C11H21NOS/c1-8-3-2-4-9(5-8)14-11-7-12-6-10(11)13/h8-13H,2-7H2,1H3. The third-order valence-electron chi connectivity index (χ3n) is 3.38. The molecule has 4 unspecified atom stereocenters. The third-order valence-corrected chi connectivity index (χ3v) is 5.03. The molecular formula is C11H21NOS. The summed E-state index contributed by atoms with van der Waals surface area (Å²) in [6.07, 6.45) is 5.39. The van der Waals surface area contributed by atoms with Gasteiger partial charge in [-0.15, -0.1) is 0 Å². The normalized spacial score (nSPS) is 44.1. The zero-order valence-electron chi connectivity index (χ0n) is 8.91. The van der Waals surface area contributed by atoms with Gasteiger partial charge in [-0.2, -0.15) is 11.8 Å². The van der Waals surface area contributed by atoms with E-state index in [1.807, 2.05) is 11.8 Å². The highest BCUT2D eigenvalue weighted by molar-refractivity contribution is 8.00. The molecule has 1 heterocycles. The number of hydrogen-bond acceptors (Lipinski definition) is 3. The molecule has 0 amide bonds. The van der Waals surface area contributed by atoms with Crippen molar-refractivity contribution in [2.24, 2.45) is 5.92 Å². The van der Waals surface area contributed by atoms with Gasteiger partial charge in [0, 0.05) is 23.6 Å². The minimum Gasteiger partial charge on any atom is -0.391 e. The Morgan fingerprint density at radius 1 is 1.29 bits per heavy atom. The monoisotopic (exact) mass is 215 g/mol. The summed E-state index contributed by atoms with van der Waals surface area (Å²) in [5.74, 6) is 0.896. The number of aliphatic hydroxyl groups is 1. The van der Waals surface area contributed by atoms with E-state index in [9.17, 15) is 5.11 Å². The highest BCUT2D eigenvalue weighted by Gasteiger charge is 2.29. The van der Waals surface area contributed by atoms with Crippen molar-refractivity contribution in [3.05, 3.63) is 0 Å². The summed E-state index contributed by atoms with van der Waals surface area (Å²) in [5.41, 5.74) is 0. The molecule has 1 aliphatic heterocycles. The molecule has 82 valence electrons. The number of aliphatic hydroxyl groups excluding tert-OH is 1. The summed E-state index contributed by atoms with van der Waals surface area (Å²) in [7, 11) is 0. The van der Waals surface area contributed by atoms with E-state index in [1.165, 1.54) is 25.7 Å². The molecule has 0 spiro atoms. The van der Waals surface area contributed by atoms with Crippen molar-refractivity contribution < 1.29 is 5.11 Å². The first kappa shape index (κ1) is 10.8. The van der Waals surface area contributed by atoms with Crippen LogP contribution in [-0.4, -0.2) is 34.8 Å². The van der Waals surface area contributed by atoms with E-state index >= 15 is 0 Å². The van der Waals surface area contributed by atoms with Crippen LogP contribution in [0, 0.1) is 5.92 Å². The van der Waals surface area contributed by atoms with Crippen LogP contribution in [-0.2, 0) is 0 Å². The second-order valence-electron chi connectivity index (χ2n) is 4.79. The van der Waals surface area contributed by atoms with Crippen LogP contribution in [0.1, 0.15) is 32.6 Å². The Hall–Kier alpha value is 0.270. The molecule has 0 radical (unpaired) electrons. The predicted molar refractivity (Wildman–Crippen MR) is 61.7 cm³/mol. The molecule has 2 aliphatic rings. The molecule has 0 bridgehead atoms. The van der Waals surface area contributed by atoms with Crippen LogP contribution in [0.3, 0.4) is 0 Å². The fraction of sp³-hybridized carbons (Fsp3) is 1.00. The summed E-state index contributed by atoms with van der Waals surface area (Å²) in [4.78, 5) is 0. The molecular weight excluding hydrogens is 194 g/mol. The summed E-state index contributed by atoms with van der Waals surface area (Å²) in [6, 6.07) is 0. The minimum absolute atomic E-state index is 0.114. The van der Waals surface area contributed by atoms with Crippen LogP contribution in [0.2, 0.25) is 0 Å². The lowest BCUT2D eigenvalue weighted by Crippen LogP contribution is -2.25. The lowest BCUT2D eigenvalue weighted by Gasteiger charge is -2.28. The minimum atomic E-state index is -0.114. The maximum absolute atomic E-state index is 9.70. The molecule has 3 heteroatoms. The van der Waals surface area contributed by atoms with Crippen molar-refractivity contribution in [2.75, 3.05) is 13.1 Å². The van der Waals surface area contributed by atoms with E-state index in [0.717, 1.165) is 24.3 Å². The second-order valence-corrected chi connectivity index (χ2v) is 6.34. The van der Waals surface area contributed by atoms with E-state index in [2.05, 4.69) is 12.2 Å². The highest BCUT2D eigenvalue weighted by Crippen LogP contribution is 2.35. The summed E-state index contributed by atoms with van der Waals surface area (Å²) in [5, 5.41) is 14.2. The van der Waals surface area contributed by atoms with Crippen molar-refractivity contribution in [3.8, 4) is 0 Å². The number of nitrogens with one attached hydrogen (secondary N) is 1. The van der Waals surface area contributed by atoms with Crippen LogP contribution in [0.4, 0.5) is 0 Å². The van der Waals surface area contributed by atoms with Gasteiger partial charge in [0.25, 0.3) is 0 Å². The van der Waals surface area contributed by atoms with Crippen LogP contribution < -0.4 is 5.32 Å². The van der Waals surface area contributed by atoms with Gasteiger partial charge in [-0.3, -0.25) is 0 Å². The van der Waals surface area contributed by atoms with Crippen LogP contribution in [0.15, 0.2) is 0 Å². The van der Waals surface area contributed by atoms with Crippen molar-refractivity contribution >= 4 is 11.8 Å². The fourth-order valence-corrected chi connectivity index (χ4v) is 4.26. The van der Waals surface area contributed by atoms with E-state index in [-0.39, 0.29) is 6.10 Å². The smallest absolute Gasteiger partial charge is 0.0795 e. The van der Waals surface area contributed by atoms with Crippen LogP contribution in [0.25, 0.3) is 0 Å². The third kappa shape index (κ3) is 2.65. The number of thioether (sulfide) groups is 1. The van der Waals surface area contributed by atoms with E-state index in [4.69, 9.17) is 0 Å². The quantitative estimate of drug-likeness (QED) is 0.734. The SMILES string of the molecule is CC1CCCC(SC2CNCC2O)C1. The number of hydrogen-bond donors (Lipinski definition) is 2. The van der Waals surface area contributed by atoms with Crippen molar-refractivity contribution in [1.82, 2.24) is 5.32 Å². The van der Waals surface area contributed by atoms with E-state index in [1.54, 1.807) is 0 Å². The zero-order chi connectivity index (χ0) is 9.97. The maximum Gasteiger partial charge on any atom is 0.0795 e. The predicted octanol–water partition coefficient (Wildman–Crippen LogP) is 1.63. The van der Waals surface area contributed by atoms with Crippen molar-refractivity contribution in [1.29, 1.82) is 0 Å². The van der Waals surface area contributed by atoms with Crippen LogP contribution >= 0.6 is 11.8 Å². The number of β-amino-alcohol motifs (C(OH)–C–C–N with tert-alkyl or cyclic N) is 1. The second kappa shape index (κ2) is 4.86. The van der Waals surface area contributed by atoms with Crippen molar-refractivity contribution in [3.63, 3.8) is 0 Å². The Bertz CT molecular complexity index is 188. The molecule has 2 N–H and O–H groups in total. The van der Waals surface area contributed by atoms with Crippen molar-refractivity contribution in [2.45, 2.75) is 49.2 Å². The van der Waals surface area contributed by atoms with Gasteiger partial charge in [-0.1, -0.05) is 19.8 Å². The molecule has 2 fully saturated rings. The Morgan fingerprint density at radius 3 is 2.79 bits per heavy atom. The van der Waals surface area contributed by atoms with Gasteiger partial charge >= 0.3 is 0 Å². The molecule has 4 atom stereocenters. The topological polar surface area (TPSA) is 32.3 Å². The summed E-state index contributed by atoms with van der Waals surface area (Å²) in [6.45, 7) is 4.15. The Morgan fingerprint density at radius 2 is 2.14 bits per heavy atom. The maximum atomic E-state index is 9.70.